The standard InChI is InChI=1S/C24H30O2S/c1-15-11-16(12-18(21(15)25)23(2,3)4)9-10-17-13-19(24(5,6)7)22(26)20(14-17)27-8/h9-14H,1-8H3/b16-9-,17-10+. The molecule has 0 radical (unpaired) electrons. The minimum absolute atomic E-state index is 0.119. The van der Waals surface area contributed by atoms with Crippen LogP contribution in [0.5, 0.6) is 0 Å². The molecule has 0 N–H and O–H groups in total. The van der Waals surface area contributed by atoms with E-state index in [1.807, 2.05) is 49.6 Å². The van der Waals surface area contributed by atoms with Crippen molar-refractivity contribution in [2.75, 3.05) is 6.26 Å². The Labute approximate surface area is 167 Å². The number of rotatable bonds is 2. The van der Waals surface area contributed by atoms with Gasteiger partial charge in [-0.05, 0) is 65.0 Å². The van der Waals surface area contributed by atoms with Crippen LogP contribution in [0.15, 0.2) is 69.2 Å². The highest BCUT2D eigenvalue weighted by Gasteiger charge is 2.29. The molecular weight excluding hydrogens is 352 g/mol. The number of hydrogen-bond acceptors (Lipinski definition) is 3. The van der Waals surface area contributed by atoms with Crippen molar-refractivity contribution in [2.24, 2.45) is 10.8 Å². The van der Waals surface area contributed by atoms with E-state index in [4.69, 9.17) is 0 Å². The zero-order valence-corrected chi connectivity index (χ0v) is 18.5. The summed E-state index contributed by atoms with van der Waals surface area (Å²) in [7, 11) is 0. The van der Waals surface area contributed by atoms with Crippen LogP contribution in [0, 0.1) is 10.8 Å². The summed E-state index contributed by atoms with van der Waals surface area (Å²) < 4.78 is 0. The van der Waals surface area contributed by atoms with Crippen molar-refractivity contribution >= 4 is 23.3 Å². The molecule has 2 aliphatic rings. The summed E-state index contributed by atoms with van der Waals surface area (Å²) in [6.07, 6.45) is 13.8. The van der Waals surface area contributed by atoms with Crippen LogP contribution in [0.25, 0.3) is 0 Å². The summed E-state index contributed by atoms with van der Waals surface area (Å²) in [6.45, 7) is 14.2. The fourth-order valence-corrected chi connectivity index (χ4v) is 3.63. The molecule has 0 spiro atoms. The minimum Gasteiger partial charge on any atom is -0.289 e. The van der Waals surface area contributed by atoms with E-state index in [1.165, 1.54) is 11.8 Å². The van der Waals surface area contributed by atoms with Gasteiger partial charge in [0.05, 0.1) is 4.91 Å². The van der Waals surface area contributed by atoms with Crippen molar-refractivity contribution in [1.82, 2.24) is 0 Å². The van der Waals surface area contributed by atoms with Gasteiger partial charge < -0.3 is 0 Å². The number of carbonyl (C=O) groups is 2. The largest absolute Gasteiger partial charge is 0.289 e. The maximum atomic E-state index is 12.6. The van der Waals surface area contributed by atoms with E-state index < -0.39 is 0 Å². The molecule has 0 saturated carbocycles. The summed E-state index contributed by atoms with van der Waals surface area (Å²) >= 11 is 1.48. The van der Waals surface area contributed by atoms with Crippen molar-refractivity contribution in [3.8, 4) is 0 Å². The summed E-state index contributed by atoms with van der Waals surface area (Å²) in [5.74, 6) is 0.240. The Hall–Kier alpha value is -1.87. The first-order valence-electron chi connectivity index (χ1n) is 9.24. The van der Waals surface area contributed by atoms with E-state index in [0.717, 1.165) is 32.8 Å². The fraction of sp³-hybridized carbons (Fsp3) is 0.417. The van der Waals surface area contributed by atoms with E-state index in [9.17, 15) is 9.59 Å². The highest BCUT2D eigenvalue weighted by Crippen LogP contribution is 2.36. The first kappa shape index (κ1) is 21.4. The molecule has 0 aromatic carbocycles. The van der Waals surface area contributed by atoms with Gasteiger partial charge in [-0.15, -0.1) is 11.8 Å². The molecule has 0 aromatic heterocycles. The van der Waals surface area contributed by atoms with E-state index >= 15 is 0 Å². The molecule has 0 heterocycles. The lowest BCUT2D eigenvalue weighted by Crippen LogP contribution is -2.21. The maximum Gasteiger partial charge on any atom is 0.195 e. The molecule has 2 nitrogen and oxygen atoms in total. The number of thioether (sulfide) groups is 1. The Morgan fingerprint density at radius 1 is 0.741 bits per heavy atom. The van der Waals surface area contributed by atoms with Gasteiger partial charge in [0.15, 0.2) is 11.6 Å². The Morgan fingerprint density at radius 2 is 1.19 bits per heavy atom. The third-order valence-electron chi connectivity index (χ3n) is 4.68. The Morgan fingerprint density at radius 3 is 1.63 bits per heavy atom. The predicted molar refractivity (Wildman–Crippen MR) is 117 cm³/mol. The van der Waals surface area contributed by atoms with Crippen LogP contribution < -0.4 is 0 Å². The van der Waals surface area contributed by atoms with Crippen molar-refractivity contribution < 1.29 is 9.59 Å². The van der Waals surface area contributed by atoms with Gasteiger partial charge in [0.2, 0.25) is 0 Å². The molecule has 0 saturated heterocycles. The Kier molecular flexibility index (Phi) is 6.06. The zero-order chi connectivity index (χ0) is 20.6. The van der Waals surface area contributed by atoms with Crippen molar-refractivity contribution in [3.63, 3.8) is 0 Å². The van der Waals surface area contributed by atoms with Crippen LogP contribution in [-0.2, 0) is 9.59 Å². The van der Waals surface area contributed by atoms with Gasteiger partial charge in [-0.2, -0.15) is 0 Å². The summed E-state index contributed by atoms with van der Waals surface area (Å²) in [6, 6.07) is 0. The first-order valence-corrected chi connectivity index (χ1v) is 10.5. The van der Waals surface area contributed by atoms with Crippen LogP contribution in [0.1, 0.15) is 48.5 Å². The van der Waals surface area contributed by atoms with Gasteiger partial charge in [0.25, 0.3) is 0 Å². The first-order chi connectivity index (χ1) is 12.3. The van der Waals surface area contributed by atoms with Gasteiger partial charge in [-0.25, -0.2) is 0 Å². The van der Waals surface area contributed by atoms with Gasteiger partial charge in [-0.3, -0.25) is 9.59 Å². The lowest BCUT2D eigenvalue weighted by molar-refractivity contribution is -0.113. The third-order valence-corrected chi connectivity index (χ3v) is 5.42. The number of Topliss-reactive ketones (excluding diaryl/α,β-unsaturated/α-hetero) is 2. The SMILES string of the molecule is CSC1=C/C(=C/C=C2/C=C(C)C(=O)C(C(C)(C)C)=C2)C=C(C(C)(C)C)C1=O. The van der Waals surface area contributed by atoms with Crippen LogP contribution in [-0.4, -0.2) is 17.8 Å². The molecule has 0 atom stereocenters. The van der Waals surface area contributed by atoms with E-state index in [2.05, 4.69) is 41.5 Å². The number of ketones is 2. The summed E-state index contributed by atoms with van der Waals surface area (Å²) in [4.78, 5) is 25.9. The minimum atomic E-state index is -0.203. The van der Waals surface area contributed by atoms with Crippen molar-refractivity contribution in [3.05, 3.63) is 69.2 Å². The second-order valence-electron chi connectivity index (χ2n) is 9.15. The highest BCUT2D eigenvalue weighted by atomic mass is 32.2. The van der Waals surface area contributed by atoms with Crippen LogP contribution >= 0.6 is 11.8 Å². The molecule has 2 rings (SSSR count). The van der Waals surface area contributed by atoms with E-state index in [0.29, 0.717) is 0 Å². The molecule has 27 heavy (non-hydrogen) atoms. The Balaban J connectivity index is 2.49. The molecular formula is C24H30O2S. The summed E-state index contributed by atoms with van der Waals surface area (Å²) in [5, 5.41) is 0. The molecule has 2 aliphatic carbocycles. The summed E-state index contributed by atoms with van der Waals surface area (Å²) in [5.41, 5.74) is 4.04. The van der Waals surface area contributed by atoms with Gasteiger partial charge >= 0.3 is 0 Å². The molecule has 0 aromatic rings. The molecule has 0 fully saturated rings. The number of carbonyl (C=O) groups excluding carboxylic acids is 2. The van der Waals surface area contributed by atoms with Crippen molar-refractivity contribution in [1.29, 1.82) is 0 Å². The van der Waals surface area contributed by atoms with Gasteiger partial charge in [0, 0.05) is 11.1 Å². The predicted octanol–water partition coefficient (Wildman–Crippen LogP) is 6.14. The van der Waals surface area contributed by atoms with Crippen LogP contribution in [0.3, 0.4) is 0 Å². The topological polar surface area (TPSA) is 34.1 Å². The third kappa shape index (κ3) is 4.90. The van der Waals surface area contributed by atoms with E-state index in [1.54, 1.807) is 0 Å². The number of hydrogen-bond donors (Lipinski definition) is 0. The lowest BCUT2D eigenvalue weighted by atomic mass is 9.78. The second kappa shape index (κ2) is 7.63. The van der Waals surface area contributed by atoms with E-state index in [-0.39, 0.29) is 22.4 Å². The average Bonchev–Trinajstić information content (AvgIpc) is 2.54. The maximum absolute atomic E-state index is 12.6. The zero-order valence-electron chi connectivity index (χ0n) is 17.7. The fourth-order valence-electron chi connectivity index (χ4n) is 3.08. The lowest BCUT2D eigenvalue weighted by Gasteiger charge is -2.25. The smallest absolute Gasteiger partial charge is 0.195 e. The van der Waals surface area contributed by atoms with Crippen LogP contribution in [0.4, 0.5) is 0 Å². The molecule has 0 aliphatic heterocycles. The van der Waals surface area contributed by atoms with Gasteiger partial charge in [0.1, 0.15) is 0 Å². The van der Waals surface area contributed by atoms with Crippen molar-refractivity contribution in [2.45, 2.75) is 48.5 Å². The highest BCUT2D eigenvalue weighted by molar-refractivity contribution is 8.03. The quantitative estimate of drug-likeness (QED) is 0.575. The molecule has 0 bridgehead atoms. The Bertz CT molecular complexity index is 857. The normalized spacial score (nSPS) is 21.9. The average molecular weight is 383 g/mol. The molecule has 3 heteroatoms. The number of allylic oxidation sites excluding steroid dienone is 12. The van der Waals surface area contributed by atoms with Gasteiger partial charge in [-0.1, -0.05) is 53.7 Å². The molecule has 0 unspecified atom stereocenters. The molecule has 144 valence electrons. The molecule has 0 amide bonds. The van der Waals surface area contributed by atoms with Crippen LogP contribution in [0.2, 0.25) is 0 Å². The monoisotopic (exact) mass is 382 g/mol. The second-order valence-corrected chi connectivity index (χ2v) is 10.00.